The highest BCUT2D eigenvalue weighted by molar-refractivity contribution is 5.91. The van der Waals surface area contributed by atoms with Crippen LogP contribution < -0.4 is 11.1 Å². The van der Waals surface area contributed by atoms with Gasteiger partial charge in [0.25, 0.3) is 0 Å². The van der Waals surface area contributed by atoms with Crippen LogP contribution in [0.1, 0.15) is 18.9 Å². The van der Waals surface area contributed by atoms with Crippen LogP contribution in [-0.4, -0.2) is 17.4 Å². The molecule has 0 aliphatic carbocycles. The molecule has 1 amide bonds. The molecule has 82 valence electrons. The molecule has 4 nitrogen and oxygen atoms in total. The van der Waals surface area contributed by atoms with Crippen molar-refractivity contribution in [2.24, 2.45) is 11.7 Å². The fourth-order valence-electron chi connectivity index (χ4n) is 1.23. The highest BCUT2D eigenvalue weighted by atomic mass is 16.1. The lowest BCUT2D eigenvalue weighted by Crippen LogP contribution is -2.28. The van der Waals surface area contributed by atoms with E-state index in [9.17, 15) is 4.79 Å². The average molecular weight is 207 g/mol. The second kappa shape index (κ2) is 5.46. The number of amides is 1. The summed E-state index contributed by atoms with van der Waals surface area (Å²) in [5, 5.41) is 2.74. The molecule has 4 heteroatoms. The number of rotatable bonds is 4. The van der Waals surface area contributed by atoms with Crippen molar-refractivity contribution in [1.82, 2.24) is 4.98 Å². The van der Waals surface area contributed by atoms with Gasteiger partial charge in [0.2, 0.25) is 5.91 Å². The Kier molecular flexibility index (Phi) is 4.24. The molecule has 1 rings (SSSR count). The van der Waals surface area contributed by atoms with Crippen molar-refractivity contribution in [3.63, 3.8) is 0 Å². The molecule has 0 aliphatic rings. The minimum Gasteiger partial charge on any atom is -0.330 e. The van der Waals surface area contributed by atoms with Gasteiger partial charge in [0.1, 0.15) is 5.82 Å². The number of carbonyl (C=O) groups is 1. The van der Waals surface area contributed by atoms with Crippen LogP contribution in [0.2, 0.25) is 0 Å². The van der Waals surface area contributed by atoms with Crippen molar-refractivity contribution in [1.29, 1.82) is 0 Å². The number of hydrogen-bond donors (Lipinski definition) is 2. The molecule has 1 unspecified atom stereocenters. The second-order valence-corrected chi connectivity index (χ2v) is 3.55. The Hall–Kier alpha value is -1.42. The van der Waals surface area contributed by atoms with Gasteiger partial charge in [-0.05, 0) is 25.0 Å². The van der Waals surface area contributed by atoms with Gasteiger partial charge in [-0.1, -0.05) is 13.0 Å². The number of nitrogens with one attached hydrogen (secondary N) is 1. The van der Waals surface area contributed by atoms with E-state index in [2.05, 4.69) is 10.3 Å². The number of aromatic nitrogens is 1. The van der Waals surface area contributed by atoms with Crippen LogP contribution in [0.5, 0.6) is 0 Å². The molecule has 0 spiro atoms. The molecule has 1 atom stereocenters. The summed E-state index contributed by atoms with van der Waals surface area (Å²) < 4.78 is 0. The van der Waals surface area contributed by atoms with E-state index in [0.29, 0.717) is 12.4 Å². The van der Waals surface area contributed by atoms with Crippen molar-refractivity contribution in [3.05, 3.63) is 23.9 Å². The van der Waals surface area contributed by atoms with Crippen LogP contribution in [0.3, 0.4) is 0 Å². The summed E-state index contributed by atoms with van der Waals surface area (Å²) in [6, 6.07) is 3.70. The molecule has 0 radical (unpaired) electrons. The van der Waals surface area contributed by atoms with E-state index in [1.165, 1.54) is 0 Å². The van der Waals surface area contributed by atoms with Gasteiger partial charge >= 0.3 is 0 Å². The highest BCUT2D eigenvalue weighted by Gasteiger charge is 2.14. The molecule has 15 heavy (non-hydrogen) atoms. The van der Waals surface area contributed by atoms with E-state index in [4.69, 9.17) is 5.73 Å². The summed E-state index contributed by atoms with van der Waals surface area (Å²) in [5.74, 6) is 0.391. The summed E-state index contributed by atoms with van der Waals surface area (Å²) >= 11 is 0. The van der Waals surface area contributed by atoms with Gasteiger partial charge in [-0.3, -0.25) is 4.79 Å². The zero-order chi connectivity index (χ0) is 11.3. The monoisotopic (exact) mass is 207 g/mol. The molecule has 0 saturated heterocycles. The summed E-state index contributed by atoms with van der Waals surface area (Å²) in [4.78, 5) is 15.7. The summed E-state index contributed by atoms with van der Waals surface area (Å²) in [6.45, 7) is 4.27. The van der Waals surface area contributed by atoms with E-state index < -0.39 is 0 Å². The van der Waals surface area contributed by atoms with Crippen molar-refractivity contribution >= 4 is 11.7 Å². The van der Waals surface area contributed by atoms with E-state index in [1.807, 2.05) is 19.9 Å². The molecule has 0 fully saturated rings. The van der Waals surface area contributed by atoms with Crippen molar-refractivity contribution < 1.29 is 4.79 Å². The van der Waals surface area contributed by atoms with E-state index in [1.54, 1.807) is 12.3 Å². The van der Waals surface area contributed by atoms with Gasteiger partial charge in [0.05, 0.1) is 5.92 Å². The topological polar surface area (TPSA) is 68.0 Å². The largest absolute Gasteiger partial charge is 0.330 e. The van der Waals surface area contributed by atoms with Gasteiger partial charge in [-0.25, -0.2) is 4.98 Å². The molecule has 1 heterocycles. The molecule has 1 aromatic heterocycles. The van der Waals surface area contributed by atoms with Gasteiger partial charge in [0, 0.05) is 12.7 Å². The van der Waals surface area contributed by atoms with Gasteiger partial charge < -0.3 is 11.1 Å². The smallest absolute Gasteiger partial charge is 0.229 e. The van der Waals surface area contributed by atoms with Crippen LogP contribution in [0, 0.1) is 12.8 Å². The van der Waals surface area contributed by atoms with Gasteiger partial charge in [0.15, 0.2) is 0 Å². The molecule has 0 saturated carbocycles. The number of anilines is 1. The first-order valence-electron chi connectivity index (χ1n) is 5.11. The maximum Gasteiger partial charge on any atom is 0.229 e. The molecular formula is C11H17N3O. The molecular weight excluding hydrogens is 190 g/mol. The Bertz CT molecular complexity index is 317. The summed E-state index contributed by atoms with van der Waals surface area (Å²) in [5.41, 5.74) is 6.55. The predicted octanol–water partition coefficient (Wildman–Crippen LogP) is 1.31. The van der Waals surface area contributed by atoms with Gasteiger partial charge in [-0.2, -0.15) is 0 Å². The van der Waals surface area contributed by atoms with Crippen molar-refractivity contribution in [3.8, 4) is 0 Å². The lowest BCUT2D eigenvalue weighted by molar-refractivity contribution is -0.119. The molecule has 1 aromatic rings. The van der Waals surface area contributed by atoms with Crippen LogP contribution in [0.4, 0.5) is 5.82 Å². The SMILES string of the molecule is CCC(CN)C(=O)Nc1ccc(C)cn1. The molecule has 0 aromatic carbocycles. The van der Waals surface area contributed by atoms with E-state index in [-0.39, 0.29) is 11.8 Å². The Morgan fingerprint density at radius 2 is 2.33 bits per heavy atom. The fourth-order valence-corrected chi connectivity index (χ4v) is 1.23. The molecule has 0 bridgehead atoms. The van der Waals surface area contributed by atoms with Crippen LogP contribution in [-0.2, 0) is 4.79 Å². The number of carbonyl (C=O) groups excluding carboxylic acids is 1. The Labute approximate surface area is 89.9 Å². The fraction of sp³-hybridized carbons (Fsp3) is 0.455. The normalized spacial score (nSPS) is 12.2. The lowest BCUT2D eigenvalue weighted by atomic mass is 10.1. The standard InChI is InChI=1S/C11H17N3O/c1-3-9(6-12)11(15)14-10-5-4-8(2)7-13-10/h4-5,7,9H,3,6,12H2,1-2H3,(H,13,14,15). The molecule has 0 aliphatic heterocycles. The first-order valence-corrected chi connectivity index (χ1v) is 5.11. The summed E-state index contributed by atoms with van der Waals surface area (Å²) in [7, 11) is 0. The zero-order valence-electron chi connectivity index (χ0n) is 9.16. The van der Waals surface area contributed by atoms with Crippen molar-refractivity contribution in [2.75, 3.05) is 11.9 Å². The van der Waals surface area contributed by atoms with Crippen LogP contribution in [0.15, 0.2) is 18.3 Å². The Balaban J connectivity index is 2.61. The number of nitrogens with two attached hydrogens (primary N) is 1. The first kappa shape index (κ1) is 11.7. The van der Waals surface area contributed by atoms with Crippen LogP contribution >= 0.6 is 0 Å². The number of pyridine rings is 1. The van der Waals surface area contributed by atoms with Gasteiger partial charge in [-0.15, -0.1) is 0 Å². The lowest BCUT2D eigenvalue weighted by Gasteiger charge is -2.11. The third kappa shape index (κ3) is 3.32. The maximum atomic E-state index is 11.6. The quantitative estimate of drug-likeness (QED) is 0.782. The van der Waals surface area contributed by atoms with E-state index >= 15 is 0 Å². The Morgan fingerprint density at radius 1 is 1.60 bits per heavy atom. The minimum absolute atomic E-state index is 0.0589. The third-order valence-electron chi connectivity index (χ3n) is 2.31. The summed E-state index contributed by atoms with van der Waals surface area (Å²) in [6.07, 6.45) is 2.47. The zero-order valence-corrected chi connectivity index (χ0v) is 9.16. The minimum atomic E-state index is -0.131. The van der Waals surface area contributed by atoms with Crippen molar-refractivity contribution in [2.45, 2.75) is 20.3 Å². The first-order chi connectivity index (χ1) is 7.17. The maximum absolute atomic E-state index is 11.6. The predicted molar refractivity (Wildman–Crippen MR) is 60.4 cm³/mol. The number of hydrogen-bond acceptors (Lipinski definition) is 3. The number of aryl methyl sites for hydroxylation is 1. The highest BCUT2D eigenvalue weighted by Crippen LogP contribution is 2.07. The second-order valence-electron chi connectivity index (χ2n) is 3.55. The Morgan fingerprint density at radius 3 is 2.80 bits per heavy atom. The molecule has 3 N–H and O–H groups in total. The third-order valence-corrected chi connectivity index (χ3v) is 2.31. The average Bonchev–Trinajstić information content (AvgIpc) is 2.23. The number of nitrogens with zero attached hydrogens (tertiary/aromatic N) is 1. The van der Waals surface area contributed by atoms with Crippen LogP contribution in [0.25, 0.3) is 0 Å². The van der Waals surface area contributed by atoms with E-state index in [0.717, 1.165) is 12.0 Å².